The lowest BCUT2D eigenvalue weighted by Gasteiger charge is -2.24. The number of hydrogen-bond acceptors (Lipinski definition) is 11. The molecule has 1 saturated carbocycles. The molecule has 2 aliphatic carbocycles. The Morgan fingerprint density at radius 2 is 1.75 bits per heavy atom. The van der Waals surface area contributed by atoms with E-state index < -0.39 is 104 Å². The lowest BCUT2D eigenvalue weighted by atomic mass is 10.0. The summed E-state index contributed by atoms with van der Waals surface area (Å²) in [5, 5.41) is 10.4. The van der Waals surface area contributed by atoms with Gasteiger partial charge in [0.2, 0.25) is 31.8 Å². The van der Waals surface area contributed by atoms with Gasteiger partial charge in [-0.1, -0.05) is 11.6 Å². The number of amides is 1. The zero-order valence-electron chi connectivity index (χ0n) is 33.8. The van der Waals surface area contributed by atoms with Gasteiger partial charge in [0.15, 0.2) is 11.5 Å². The van der Waals surface area contributed by atoms with Crippen LogP contribution in [0.15, 0.2) is 47.3 Å². The normalized spacial score (nSPS) is 17.3. The highest BCUT2D eigenvalue weighted by Crippen LogP contribution is 2.68. The van der Waals surface area contributed by atoms with Crippen LogP contribution in [0, 0.1) is 17.6 Å². The van der Waals surface area contributed by atoms with Gasteiger partial charge in [0.25, 0.3) is 17.9 Å². The number of carbonyl (C=O) groups is 1. The van der Waals surface area contributed by atoms with E-state index in [0.29, 0.717) is 10.7 Å². The Labute approximate surface area is 364 Å². The van der Waals surface area contributed by atoms with Crippen LogP contribution in [0.2, 0.25) is 5.02 Å². The number of fused-ring (bicyclic) bond motifs is 5. The average Bonchev–Trinajstić information content (AvgIpc) is 3.72. The van der Waals surface area contributed by atoms with Crippen molar-refractivity contribution in [3.63, 3.8) is 0 Å². The standard InChI is InChI=1S/C38H35ClF6N10O7S2/c1-52(64(4,60)61)9-10-62-27-8-5-20-34(47-27)48-36(55(37(20)57)25-7-6-23(39)29-31(25)53(2)50-35(29)51-63(3,58)59)24(13-17-11-18(40)14-19(41)12-17)46-26(56)16-54-32-28(30(49-54)33(42)43)21-15-22(21)38(32,44)45/h5-8,11-12,14,21-22,24,33H,9-10,13,15-16H2,1-4H3,(H,46,56)(H,50,51)/t21-,22+,24-/m0/s1. The third-order valence-electron chi connectivity index (χ3n) is 10.9. The highest BCUT2D eigenvalue weighted by Gasteiger charge is 2.67. The highest BCUT2D eigenvalue weighted by atomic mass is 35.5. The van der Waals surface area contributed by atoms with E-state index in [9.17, 15) is 44.0 Å². The maximum absolute atomic E-state index is 15.5. The van der Waals surface area contributed by atoms with Crippen molar-refractivity contribution in [2.24, 2.45) is 13.0 Å². The molecule has 6 aromatic rings. The van der Waals surface area contributed by atoms with Crippen molar-refractivity contribution in [1.29, 1.82) is 0 Å². The Balaban J connectivity index is 1.31. The van der Waals surface area contributed by atoms with Crippen molar-refractivity contribution in [3.05, 3.63) is 97.8 Å². The number of ether oxygens (including phenoxy) is 1. The molecular weight excluding hydrogens is 922 g/mol. The van der Waals surface area contributed by atoms with Crippen molar-refractivity contribution in [1.82, 2.24) is 43.7 Å². The lowest BCUT2D eigenvalue weighted by Crippen LogP contribution is -2.38. The van der Waals surface area contributed by atoms with Crippen LogP contribution in [0.5, 0.6) is 5.88 Å². The number of pyridine rings is 1. The molecular formula is C38H35ClF6N10O7S2. The minimum Gasteiger partial charge on any atom is -0.476 e. The summed E-state index contributed by atoms with van der Waals surface area (Å²) in [4.78, 5) is 38.0. The number of likely N-dealkylation sites (N-methyl/N-ethyl adjacent to an activating group) is 1. The van der Waals surface area contributed by atoms with Crippen LogP contribution in [0.3, 0.4) is 0 Å². The third-order valence-corrected chi connectivity index (χ3v) is 13.1. The summed E-state index contributed by atoms with van der Waals surface area (Å²) in [5.41, 5.74) is -3.36. The van der Waals surface area contributed by atoms with Crippen LogP contribution in [0.1, 0.15) is 53.1 Å². The number of aromatic nitrogens is 7. The van der Waals surface area contributed by atoms with E-state index in [0.717, 1.165) is 33.5 Å². The van der Waals surface area contributed by atoms with E-state index in [2.05, 4.69) is 30.2 Å². The SMILES string of the molecule is CN(CCOc1ccc2c(=O)n(-c3ccc(Cl)c4c(NS(C)(=O)=O)nn(C)c34)c([C@H](Cc3cc(F)cc(F)c3)NC(=O)Cn3nc(C(F)F)c4c3C(F)(F)[C@@H]3C[C@H]43)nc2n1)S(C)(=O)=O. The predicted molar refractivity (Wildman–Crippen MR) is 219 cm³/mol. The van der Waals surface area contributed by atoms with Gasteiger partial charge in [-0.25, -0.2) is 43.7 Å². The van der Waals surface area contributed by atoms with Crippen LogP contribution < -0.4 is 20.3 Å². The molecule has 2 N–H and O–H groups in total. The molecule has 4 aromatic heterocycles. The number of nitrogens with one attached hydrogen (secondary N) is 2. The molecule has 3 atom stereocenters. The monoisotopic (exact) mass is 956 g/mol. The van der Waals surface area contributed by atoms with Crippen LogP contribution in [-0.4, -0.2) is 93.9 Å². The molecule has 1 fully saturated rings. The van der Waals surface area contributed by atoms with Gasteiger partial charge in [0, 0.05) is 50.7 Å². The third kappa shape index (κ3) is 8.35. The summed E-state index contributed by atoms with van der Waals surface area (Å²) in [6.07, 6.45) is -1.95. The number of aryl methyl sites for hydroxylation is 1. The second kappa shape index (κ2) is 16.0. The molecule has 0 unspecified atom stereocenters. The number of halogens is 7. The van der Waals surface area contributed by atoms with Gasteiger partial charge >= 0.3 is 0 Å². The number of alkyl halides is 4. The minimum atomic E-state index is -3.95. The first-order valence-corrected chi connectivity index (χ1v) is 23.2. The first kappa shape index (κ1) is 44.8. The molecule has 0 spiro atoms. The fourth-order valence-corrected chi connectivity index (χ4v) is 9.11. The molecule has 64 heavy (non-hydrogen) atoms. The number of carbonyl (C=O) groups excluding carboxylic acids is 1. The molecule has 0 radical (unpaired) electrons. The van der Waals surface area contributed by atoms with Crippen molar-refractivity contribution < 1.29 is 52.7 Å². The maximum atomic E-state index is 15.5. The number of rotatable bonds is 15. The fourth-order valence-electron chi connectivity index (χ4n) is 7.97. The quantitative estimate of drug-likeness (QED) is 0.135. The van der Waals surface area contributed by atoms with Crippen LogP contribution in [-0.2, 0) is 50.8 Å². The average molecular weight is 957 g/mol. The molecule has 0 aliphatic heterocycles. The molecule has 4 heterocycles. The molecule has 2 aromatic carbocycles. The summed E-state index contributed by atoms with van der Waals surface area (Å²) in [5.74, 6) is -9.62. The molecule has 26 heteroatoms. The molecule has 17 nitrogen and oxygen atoms in total. The van der Waals surface area contributed by atoms with Gasteiger partial charge < -0.3 is 10.1 Å². The van der Waals surface area contributed by atoms with Gasteiger partial charge in [0.05, 0.1) is 45.6 Å². The van der Waals surface area contributed by atoms with Crippen molar-refractivity contribution in [3.8, 4) is 11.6 Å². The largest absolute Gasteiger partial charge is 0.476 e. The van der Waals surface area contributed by atoms with E-state index in [1.807, 2.05) is 0 Å². The summed E-state index contributed by atoms with van der Waals surface area (Å²) in [7, 11) is -4.79. The predicted octanol–water partition coefficient (Wildman–Crippen LogP) is 4.68. The fraction of sp³-hybridized carbons (Fsp3) is 0.368. The Kier molecular flexibility index (Phi) is 11.2. The van der Waals surface area contributed by atoms with Crippen LogP contribution >= 0.6 is 11.6 Å². The van der Waals surface area contributed by atoms with Crippen molar-refractivity contribution in [2.75, 3.05) is 37.4 Å². The van der Waals surface area contributed by atoms with Gasteiger partial charge in [-0.15, -0.1) is 0 Å². The summed E-state index contributed by atoms with van der Waals surface area (Å²) in [6.45, 7) is -1.34. The number of anilines is 1. The van der Waals surface area contributed by atoms with Gasteiger partial charge in [-0.05, 0) is 48.2 Å². The summed E-state index contributed by atoms with van der Waals surface area (Å²) in [6, 6.07) is 6.07. The highest BCUT2D eigenvalue weighted by molar-refractivity contribution is 7.92. The summed E-state index contributed by atoms with van der Waals surface area (Å²) < 4.78 is 149. The Morgan fingerprint density at radius 1 is 1.05 bits per heavy atom. The van der Waals surface area contributed by atoms with E-state index in [4.69, 9.17) is 16.3 Å². The second-order valence-electron chi connectivity index (χ2n) is 15.5. The van der Waals surface area contributed by atoms with Crippen LogP contribution in [0.4, 0.5) is 32.2 Å². The molecule has 0 bridgehead atoms. The zero-order valence-corrected chi connectivity index (χ0v) is 36.2. The summed E-state index contributed by atoms with van der Waals surface area (Å²) >= 11 is 6.59. The minimum absolute atomic E-state index is 0.0140. The van der Waals surface area contributed by atoms with Crippen molar-refractivity contribution in [2.45, 2.75) is 43.7 Å². The van der Waals surface area contributed by atoms with E-state index in [1.54, 1.807) is 0 Å². The number of benzene rings is 2. The molecule has 0 saturated heterocycles. The number of sulfonamides is 2. The zero-order chi connectivity index (χ0) is 46.4. The Hall–Kier alpha value is -5.79. The van der Waals surface area contributed by atoms with E-state index in [1.165, 1.54) is 43.0 Å². The lowest BCUT2D eigenvalue weighted by molar-refractivity contribution is -0.123. The first-order valence-electron chi connectivity index (χ1n) is 19.1. The number of hydrogen-bond donors (Lipinski definition) is 2. The molecule has 1 amide bonds. The first-order chi connectivity index (χ1) is 29.9. The number of nitrogens with zero attached hydrogens (tertiary/aromatic N) is 8. The van der Waals surface area contributed by atoms with Crippen LogP contribution in [0.25, 0.3) is 27.6 Å². The van der Waals surface area contributed by atoms with E-state index in [-0.39, 0.29) is 75.0 Å². The second-order valence-corrected chi connectivity index (χ2v) is 19.7. The Morgan fingerprint density at radius 3 is 2.41 bits per heavy atom. The maximum Gasteiger partial charge on any atom is 0.293 e. The molecule has 2 aliphatic rings. The molecule has 8 rings (SSSR count). The van der Waals surface area contributed by atoms with Gasteiger partial charge in [0.1, 0.15) is 42.0 Å². The van der Waals surface area contributed by atoms with E-state index >= 15 is 8.78 Å². The van der Waals surface area contributed by atoms with Gasteiger partial charge in [-0.3, -0.25) is 28.2 Å². The van der Waals surface area contributed by atoms with Crippen molar-refractivity contribution >= 4 is 65.3 Å². The molecule has 340 valence electrons. The van der Waals surface area contributed by atoms with Gasteiger partial charge in [-0.2, -0.15) is 24.0 Å². The smallest absolute Gasteiger partial charge is 0.293 e. The Bertz CT molecular complexity index is 3180. The topological polar surface area (TPSA) is 205 Å².